The van der Waals surface area contributed by atoms with Gasteiger partial charge in [0.05, 0.1) is 0 Å². The normalized spacial score (nSPS) is 6.43. The van der Waals surface area contributed by atoms with Crippen molar-refractivity contribution in [2.75, 3.05) is 0 Å². The maximum absolute atomic E-state index is 4.81. The van der Waals surface area contributed by atoms with Crippen LogP contribution in [-0.4, -0.2) is 5.71 Å². The van der Waals surface area contributed by atoms with Gasteiger partial charge in [-0.3, -0.25) is 0 Å². The van der Waals surface area contributed by atoms with Crippen molar-refractivity contribution in [2.24, 2.45) is 5.10 Å². The van der Waals surface area contributed by atoms with Crippen LogP contribution in [0.25, 0.3) is 0 Å². The first-order valence-electron chi connectivity index (χ1n) is 1.99. The molecule has 0 aliphatic heterocycles. The van der Waals surface area contributed by atoms with Gasteiger partial charge in [0.25, 0.3) is 0 Å². The number of nitrogens with zero attached hydrogens (tertiary/aromatic N) is 1. The molecule has 0 amide bonds. The monoisotopic (exact) mass is 96.1 g/mol. The van der Waals surface area contributed by atoms with Gasteiger partial charge in [0.15, 0.2) is 0 Å². The van der Waals surface area contributed by atoms with Crippen LogP contribution in [0.5, 0.6) is 0 Å². The average Bonchev–Trinajstić information content (AvgIpc) is 1.61. The zero-order valence-corrected chi connectivity index (χ0v) is 4.52. The van der Waals surface area contributed by atoms with Crippen LogP contribution in [0.1, 0.15) is 13.8 Å². The molecule has 38 valence electrons. The Labute approximate surface area is 43.6 Å². The summed E-state index contributed by atoms with van der Waals surface area (Å²) in [6.07, 6.45) is 4.81. The van der Waals surface area contributed by atoms with Crippen LogP contribution in [0, 0.1) is 12.5 Å². The third kappa shape index (κ3) is 5.03. The van der Waals surface area contributed by atoms with Crippen LogP contribution < -0.4 is 5.43 Å². The molecule has 0 rings (SSSR count). The van der Waals surface area contributed by atoms with E-state index in [1.807, 2.05) is 13.8 Å². The highest BCUT2D eigenvalue weighted by atomic mass is 15.3. The molecule has 0 aromatic carbocycles. The molecule has 0 spiro atoms. The lowest BCUT2D eigenvalue weighted by Gasteiger charge is -1.83. The minimum atomic E-state index is 0.929. The van der Waals surface area contributed by atoms with E-state index < -0.39 is 0 Å². The van der Waals surface area contributed by atoms with Crippen molar-refractivity contribution in [2.45, 2.75) is 13.8 Å². The number of nitrogens with one attached hydrogen (secondary N) is 1. The fourth-order valence-electron chi connectivity index (χ4n) is 0.144. The Morgan fingerprint density at radius 2 is 2.29 bits per heavy atom. The first-order chi connectivity index (χ1) is 3.27. The van der Waals surface area contributed by atoms with E-state index in [9.17, 15) is 0 Å². The summed E-state index contributed by atoms with van der Waals surface area (Å²) < 4.78 is 0. The fraction of sp³-hybridized carbons (Fsp3) is 0.400. The van der Waals surface area contributed by atoms with E-state index >= 15 is 0 Å². The van der Waals surface area contributed by atoms with Gasteiger partial charge in [0, 0.05) is 11.8 Å². The summed E-state index contributed by atoms with van der Waals surface area (Å²) in [5.74, 6) is 0. The average molecular weight is 96.1 g/mol. The van der Waals surface area contributed by atoms with Gasteiger partial charge in [-0.2, -0.15) is 5.10 Å². The van der Waals surface area contributed by atoms with Crippen LogP contribution in [0.2, 0.25) is 0 Å². The van der Waals surface area contributed by atoms with Crippen LogP contribution in [0.15, 0.2) is 5.10 Å². The molecule has 0 aliphatic carbocycles. The lowest BCUT2D eigenvalue weighted by Crippen LogP contribution is -1.96. The van der Waals surface area contributed by atoms with Gasteiger partial charge in [0.2, 0.25) is 0 Å². The van der Waals surface area contributed by atoms with Crippen molar-refractivity contribution >= 4 is 5.71 Å². The molecular weight excluding hydrogens is 88.1 g/mol. The molecule has 0 fully saturated rings. The van der Waals surface area contributed by atoms with Crippen molar-refractivity contribution in [1.82, 2.24) is 5.43 Å². The van der Waals surface area contributed by atoms with Crippen LogP contribution >= 0.6 is 0 Å². The quantitative estimate of drug-likeness (QED) is 0.219. The van der Waals surface area contributed by atoms with Gasteiger partial charge >= 0.3 is 0 Å². The van der Waals surface area contributed by atoms with Crippen molar-refractivity contribution in [1.29, 1.82) is 0 Å². The van der Waals surface area contributed by atoms with Gasteiger partial charge in [-0.05, 0) is 13.8 Å². The summed E-state index contributed by atoms with van der Waals surface area (Å²) in [5, 5.41) is 3.67. The molecule has 0 heterocycles. The fourth-order valence-corrected chi connectivity index (χ4v) is 0.144. The number of hydrogen-bond donors (Lipinski definition) is 1. The van der Waals surface area contributed by atoms with E-state index in [0.29, 0.717) is 0 Å². The van der Waals surface area contributed by atoms with Gasteiger partial charge < -0.3 is 0 Å². The first kappa shape index (κ1) is 6.03. The Hall–Kier alpha value is -0.970. The van der Waals surface area contributed by atoms with Crippen molar-refractivity contribution in [3.8, 4) is 12.5 Å². The summed E-state index contributed by atoms with van der Waals surface area (Å²) in [6.45, 7) is 3.73. The van der Waals surface area contributed by atoms with Gasteiger partial charge in [0.1, 0.15) is 0 Å². The Balaban J connectivity index is 3.32. The Morgan fingerprint density at radius 1 is 1.71 bits per heavy atom. The predicted molar refractivity (Wildman–Crippen MR) is 30.8 cm³/mol. The highest BCUT2D eigenvalue weighted by Crippen LogP contribution is 1.64. The highest BCUT2D eigenvalue weighted by Gasteiger charge is 1.68. The molecule has 0 aromatic rings. The molecule has 0 saturated heterocycles. The maximum atomic E-state index is 4.81. The highest BCUT2D eigenvalue weighted by molar-refractivity contribution is 5.78. The summed E-state index contributed by atoms with van der Waals surface area (Å²) in [7, 11) is 0. The molecule has 2 heteroatoms. The lowest BCUT2D eigenvalue weighted by atomic mass is 10.5. The summed E-state index contributed by atoms with van der Waals surface area (Å²) in [5.41, 5.74) is 3.29. The number of terminal acetylenes is 1. The lowest BCUT2D eigenvalue weighted by molar-refractivity contribution is 1.00. The molecule has 0 aliphatic rings. The second kappa shape index (κ2) is 3.23. The van der Waals surface area contributed by atoms with E-state index in [4.69, 9.17) is 6.42 Å². The summed E-state index contributed by atoms with van der Waals surface area (Å²) in [6, 6.07) is 2.16. The van der Waals surface area contributed by atoms with Crippen LogP contribution in [0.4, 0.5) is 0 Å². The third-order valence-electron chi connectivity index (χ3n) is 0.344. The van der Waals surface area contributed by atoms with Gasteiger partial charge in [-0.15, -0.1) is 0 Å². The number of hydrazone groups is 1. The third-order valence-corrected chi connectivity index (χ3v) is 0.344. The standard InChI is InChI=1S/C5H8N2/c1-4-6-7-5(2)3/h1,6H,2-3H3. The van der Waals surface area contributed by atoms with E-state index in [0.717, 1.165) is 5.71 Å². The molecule has 0 aromatic heterocycles. The van der Waals surface area contributed by atoms with Gasteiger partial charge in [-0.1, -0.05) is 6.42 Å². The molecule has 2 nitrogen and oxygen atoms in total. The van der Waals surface area contributed by atoms with E-state index in [1.165, 1.54) is 0 Å². The second-order valence-corrected chi connectivity index (χ2v) is 1.32. The number of hydrogen-bond acceptors (Lipinski definition) is 2. The molecule has 0 saturated carbocycles. The van der Waals surface area contributed by atoms with Gasteiger partial charge in [-0.25, -0.2) is 5.43 Å². The largest absolute Gasteiger partial charge is 0.236 e. The van der Waals surface area contributed by atoms with Crippen LogP contribution in [-0.2, 0) is 0 Å². The second-order valence-electron chi connectivity index (χ2n) is 1.32. The first-order valence-corrected chi connectivity index (χ1v) is 1.99. The summed E-state index contributed by atoms with van der Waals surface area (Å²) in [4.78, 5) is 0. The molecule has 0 radical (unpaired) electrons. The molecule has 0 unspecified atom stereocenters. The van der Waals surface area contributed by atoms with Crippen LogP contribution in [0.3, 0.4) is 0 Å². The SMILES string of the molecule is C#CNN=C(C)C. The van der Waals surface area contributed by atoms with Crippen molar-refractivity contribution in [3.05, 3.63) is 0 Å². The Morgan fingerprint density at radius 3 is 2.43 bits per heavy atom. The number of rotatable bonds is 1. The van der Waals surface area contributed by atoms with E-state index in [2.05, 4.69) is 16.6 Å². The van der Waals surface area contributed by atoms with E-state index in [1.54, 1.807) is 0 Å². The van der Waals surface area contributed by atoms with Crippen molar-refractivity contribution < 1.29 is 0 Å². The maximum Gasteiger partial charge on any atom is 0.0328 e. The zero-order chi connectivity index (χ0) is 5.70. The Bertz CT molecular complexity index is 104. The van der Waals surface area contributed by atoms with E-state index in [-0.39, 0.29) is 0 Å². The molecule has 0 atom stereocenters. The Kier molecular flexibility index (Phi) is 2.78. The summed E-state index contributed by atoms with van der Waals surface area (Å²) >= 11 is 0. The molecule has 7 heavy (non-hydrogen) atoms. The molecular formula is C5H8N2. The van der Waals surface area contributed by atoms with Crippen molar-refractivity contribution in [3.63, 3.8) is 0 Å². The topological polar surface area (TPSA) is 24.4 Å². The molecule has 0 bridgehead atoms. The minimum Gasteiger partial charge on any atom is -0.236 e. The molecule has 1 N–H and O–H groups in total. The smallest absolute Gasteiger partial charge is 0.0328 e. The minimum absolute atomic E-state index is 0.929. The predicted octanol–water partition coefficient (Wildman–Crippen LogP) is 0.562. The zero-order valence-electron chi connectivity index (χ0n) is 4.52.